The van der Waals surface area contributed by atoms with Gasteiger partial charge in [0.2, 0.25) is 0 Å². The molecule has 0 aromatic heterocycles. The molecular formula is C42H66O14. The van der Waals surface area contributed by atoms with E-state index in [4.69, 9.17) is 42.6 Å². The maximum Gasteiger partial charge on any atom is 0.309 e. The molecule has 4 saturated carbocycles. The first kappa shape index (κ1) is 42.4. The molecule has 0 aromatic carbocycles. The summed E-state index contributed by atoms with van der Waals surface area (Å²) < 4.78 is 56.5. The summed E-state index contributed by atoms with van der Waals surface area (Å²) in [5.41, 5.74) is -2.43. The molecule has 3 aliphatic heterocycles. The van der Waals surface area contributed by atoms with Crippen LogP contribution >= 0.6 is 0 Å². The van der Waals surface area contributed by atoms with E-state index in [1.54, 1.807) is 21.0 Å². The Morgan fingerprint density at radius 3 is 2.21 bits per heavy atom. The van der Waals surface area contributed by atoms with Crippen molar-refractivity contribution >= 4 is 17.7 Å². The lowest BCUT2D eigenvalue weighted by Crippen LogP contribution is -2.70. The maximum absolute atomic E-state index is 13.7. The van der Waals surface area contributed by atoms with Crippen molar-refractivity contribution in [3.63, 3.8) is 0 Å². The molecule has 14 nitrogen and oxygen atoms in total. The first-order chi connectivity index (χ1) is 26.4. The Bertz CT molecular complexity index is 1490. The first-order valence-electron chi connectivity index (χ1n) is 21.0. The highest BCUT2D eigenvalue weighted by atomic mass is 16.7. The number of carbonyl (C=O) groups excluding carboxylic acids is 3. The van der Waals surface area contributed by atoms with Crippen molar-refractivity contribution in [1.82, 2.24) is 0 Å². The molecule has 0 bridgehead atoms. The minimum atomic E-state index is -1.21. The number of aliphatic hydroxyl groups excluding tert-OH is 2. The minimum Gasteiger partial charge on any atom is -0.458 e. The average molecular weight is 795 g/mol. The lowest BCUT2D eigenvalue weighted by Gasteiger charge is -2.61. The largest absolute Gasteiger partial charge is 0.458 e. The monoisotopic (exact) mass is 794 g/mol. The van der Waals surface area contributed by atoms with E-state index >= 15 is 0 Å². The summed E-state index contributed by atoms with van der Waals surface area (Å²) in [5, 5.41) is 21.3. The zero-order chi connectivity index (χ0) is 40.7. The van der Waals surface area contributed by atoms with Gasteiger partial charge in [-0.15, -0.1) is 0 Å². The van der Waals surface area contributed by atoms with Crippen LogP contribution in [0.5, 0.6) is 0 Å². The molecule has 3 saturated heterocycles. The third-order valence-electron chi connectivity index (χ3n) is 15.8. The van der Waals surface area contributed by atoms with Crippen LogP contribution < -0.4 is 0 Å². The summed E-state index contributed by atoms with van der Waals surface area (Å²) in [7, 11) is 3.04. The second kappa shape index (κ2) is 15.4. The molecule has 3 heterocycles. The fourth-order valence-electron chi connectivity index (χ4n) is 12.7. The first-order valence-corrected chi connectivity index (χ1v) is 21.0. The summed E-state index contributed by atoms with van der Waals surface area (Å²) in [6.45, 7) is 14.7. The number of Topliss-reactive ketones (excluding diaryl/α,β-unsaturated/α-hetero) is 1. The van der Waals surface area contributed by atoms with Gasteiger partial charge in [-0.05, 0) is 83.5 Å². The third-order valence-corrected chi connectivity index (χ3v) is 15.8. The fraction of sp³-hybridized carbons (Fsp3) is 0.929. The highest BCUT2D eigenvalue weighted by Crippen LogP contribution is 2.81. The predicted octanol–water partition coefficient (Wildman–Crippen LogP) is 4.02. The van der Waals surface area contributed by atoms with Crippen LogP contribution in [0.3, 0.4) is 0 Å². The van der Waals surface area contributed by atoms with Gasteiger partial charge in [-0.2, -0.15) is 0 Å². The van der Waals surface area contributed by atoms with Gasteiger partial charge in [0.05, 0.1) is 30.3 Å². The SMILES string of the molecule is CCC(C)C(=O)OC1C(OC(C)=O)[C@]2(C)C(C(C)=O)CC[C@@]23O[C@]32CCC3CC(OC4CC(OC)C(OC5OC(C)C(O)C(OC)C5O)C(C)O4)CC[C@]3(C)C12. The standard InChI is InChI=1S/C42H66O14/c1-11-20(2)37(47)54-34-35-39(7)15-13-26(53-29-19-28(48-9)32(23(5)50-29)55-38-31(46)33(49-10)30(45)22(4)51-38)18-25(39)12-16-41(35)42(56-41)17-14-27(21(3)43)40(42,8)36(34)52-24(6)44/h20,22-23,25-36,38,45-46H,11-19H2,1-10H3/t20?,22?,23?,25?,26?,27?,28?,29?,30?,31?,32?,33?,34?,35?,36?,38?,39-,40-,41-,42+/m0/s1. The number of esters is 2. The van der Waals surface area contributed by atoms with E-state index in [0.29, 0.717) is 25.7 Å². The van der Waals surface area contributed by atoms with E-state index in [1.807, 2.05) is 27.7 Å². The maximum atomic E-state index is 13.7. The van der Waals surface area contributed by atoms with Crippen molar-refractivity contribution in [3.05, 3.63) is 0 Å². The van der Waals surface area contributed by atoms with Crippen LogP contribution in [-0.2, 0) is 57.0 Å². The second-order valence-corrected chi connectivity index (χ2v) is 18.6. The number of ketones is 1. The smallest absolute Gasteiger partial charge is 0.309 e. The van der Waals surface area contributed by atoms with Crippen LogP contribution in [0.15, 0.2) is 0 Å². The van der Waals surface area contributed by atoms with Gasteiger partial charge in [-0.1, -0.05) is 27.7 Å². The van der Waals surface area contributed by atoms with Crippen LogP contribution in [0.2, 0.25) is 0 Å². The lowest BCUT2D eigenvalue weighted by molar-refractivity contribution is -0.343. The molecule has 7 fully saturated rings. The lowest BCUT2D eigenvalue weighted by atomic mass is 9.43. The van der Waals surface area contributed by atoms with Crippen LogP contribution in [0.25, 0.3) is 0 Å². The zero-order valence-corrected chi connectivity index (χ0v) is 34.9. The van der Waals surface area contributed by atoms with E-state index in [0.717, 1.165) is 32.1 Å². The van der Waals surface area contributed by atoms with Gasteiger partial charge >= 0.3 is 11.9 Å². The van der Waals surface area contributed by atoms with Crippen molar-refractivity contribution in [2.45, 2.75) is 198 Å². The van der Waals surface area contributed by atoms with Crippen LogP contribution in [0.4, 0.5) is 0 Å². The molecule has 0 radical (unpaired) electrons. The molecule has 0 aromatic rings. The van der Waals surface area contributed by atoms with Gasteiger partial charge in [0.1, 0.15) is 53.6 Å². The van der Waals surface area contributed by atoms with E-state index < -0.39 is 90.1 Å². The summed E-state index contributed by atoms with van der Waals surface area (Å²) >= 11 is 0. The molecule has 2 spiro atoms. The quantitative estimate of drug-likeness (QED) is 0.174. The number of ether oxygens (including phenoxy) is 9. The normalized spacial score (nSPS) is 51.4. The van der Waals surface area contributed by atoms with Crippen LogP contribution in [0.1, 0.15) is 113 Å². The zero-order valence-electron chi connectivity index (χ0n) is 34.9. The van der Waals surface area contributed by atoms with Crippen molar-refractivity contribution in [3.8, 4) is 0 Å². The van der Waals surface area contributed by atoms with Gasteiger partial charge in [0.25, 0.3) is 0 Å². The van der Waals surface area contributed by atoms with Gasteiger partial charge < -0.3 is 52.8 Å². The number of rotatable bonds is 11. The molecular weight excluding hydrogens is 728 g/mol. The Morgan fingerprint density at radius 1 is 0.839 bits per heavy atom. The second-order valence-electron chi connectivity index (χ2n) is 18.6. The topological polar surface area (TPSA) is 178 Å². The highest BCUT2D eigenvalue weighted by molar-refractivity contribution is 5.81. The molecule has 20 atom stereocenters. The minimum absolute atomic E-state index is 0.0390. The number of hydrogen-bond acceptors (Lipinski definition) is 14. The average Bonchev–Trinajstić information content (AvgIpc) is 3.70. The molecule has 56 heavy (non-hydrogen) atoms. The Labute approximate surface area is 331 Å². The molecule has 4 aliphatic carbocycles. The molecule has 14 heteroatoms. The Balaban J connectivity index is 1.10. The van der Waals surface area contributed by atoms with Crippen molar-refractivity contribution in [2.24, 2.45) is 34.5 Å². The van der Waals surface area contributed by atoms with Gasteiger partial charge in [-0.3, -0.25) is 14.4 Å². The number of methoxy groups -OCH3 is 2. The van der Waals surface area contributed by atoms with Crippen LogP contribution in [-0.4, -0.2) is 127 Å². The van der Waals surface area contributed by atoms with E-state index in [9.17, 15) is 24.6 Å². The molecule has 7 rings (SSSR count). The molecule has 16 unspecified atom stereocenters. The Morgan fingerprint density at radius 2 is 1.57 bits per heavy atom. The Kier molecular flexibility index (Phi) is 11.6. The summed E-state index contributed by atoms with van der Waals surface area (Å²) in [6.07, 6.45) is -2.23. The summed E-state index contributed by atoms with van der Waals surface area (Å²) in [4.78, 5) is 39.9. The van der Waals surface area contributed by atoms with Crippen molar-refractivity contribution < 1.29 is 67.2 Å². The summed E-state index contributed by atoms with van der Waals surface area (Å²) in [5.74, 6) is -1.53. The Hall–Kier alpha value is -1.75. The fourth-order valence-corrected chi connectivity index (χ4v) is 12.7. The van der Waals surface area contributed by atoms with Gasteiger partial charge in [-0.25, -0.2) is 0 Å². The summed E-state index contributed by atoms with van der Waals surface area (Å²) in [6, 6.07) is 0. The molecule has 318 valence electrons. The number of carbonyl (C=O) groups is 3. The predicted molar refractivity (Wildman–Crippen MR) is 198 cm³/mol. The number of hydrogen-bond donors (Lipinski definition) is 2. The number of aliphatic hydroxyl groups is 2. The molecule has 7 aliphatic rings. The third kappa shape index (κ3) is 6.42. The van der Waals surface area contributed by atoms with E-state index in [-0.39, 0.29) is 46.9 Å². The van der Waals surface area contributed by atoms with Gasteiger partial charge in [0, 0.05) is 44.8 Å². The van der Waals surface area contributed by atoms with Gasteiger partial charge in [0.15, 0.2) is 12.6 Å². The van der Waals surface area contributed by atoms with E-state index in [1.165, 1.54) is 14.0 Å². The van der Waals surface area contributed by atoms with Crippen LogP contribution in [0, 0.1) is 34.5 Å². The highest BCUT2D eigenvalue weighted by Gasteiger charge is 2.91. The van der Waals surface area contributed by atoms with Crippen molar-refractivity contribution in [1.29, 1.82) is 0 Å². The molecule has 0 amide bonds. The van der Waals surface area contributed by atoms with Crippen molar-refractivity contribution in [2.75, 3.05) is 14.2 Å². The van der Waals surface area contributed by atoms with E-state index in [2.05, 4.69) is 6.92 Å². The number of epoxide rings is 1. The number of fused-ring (bicyclic) bond motifs is 2. The molecule has 2 N–H and O–H groups in total.